The minimum atomic E-state index is -0.602. The van der Waals surface area contributed by atoms with Crippen LogP contribution in [0, 0.1) is 6.92 Å². The van der Waals surface area contributed by atoms with Crippen LogP contribution in [0.3, 0.4) is 0 Å². The predicted molar refractivity (Wildman–Crippen MR) is 106 cm³/mol. The fraction of sp³-hybridized carbons (Fsp3) is 0.0909. The summed E-state index contributed by atoms with van der Waals surface area (Å²) in [6.07, 6.45) is 4.89. The molecule has 0 spiro atoms. The van der Waals surface area contributed by atoms with Gasteiger partial charge >= 0.3 is 0 Å². The molecule has 0 aliphatic rings. The number of carbonyl (C=O) groups excluding carboxylic acids is 1. The second kappa shape index (κ2) is 7.44. The third-order valence-corrected chi connectivity index (χ3v) is 4.51. The van der Waals surface area contributed by atoms with Crippen molar-refractivity contribution in [2.75, 3.05) is 0 Å². The van der Waals surface area contributed by atoms with Gasteiger partial charge in [0.25, 0.3) is 5.91 Å². The average Bonchev–Trinajstić information content (AvgIpc) is 2.74. The molecule has 28 heavy (non-hydrogen) atoms. The summed E-state index contributed by atoms with van der Waals surface area (Å²) in [6, 6.07) is 15.7. The van der Waals surface area contributed by atoms with Gasteiger partial charge in [0.15, 0.2) is 0 Å². The summed E-state index contributed by atoms with van der Waals surface area (Å²) in [6.45, 7) is 1.87. The number of phenolic OH excluding ortho intramolecular Hbond substituents is 1. The van der Waals surface area contributed by atoms with E-state index in [9.17, 15) is 9.90 Å². The number of nitrogens with one attached hydrogen (secondary N) is 1. The van der Waals surface area contributed by atoms with E-state index in [-0.39, 0.29) is 11.7 Å². The molecule has 6 nitrogen and oxygen atoms in total. The topological polar surface area (TPSA) is 88.0 Å². The van der Waals surface area contributed by atoms with E-state index < -0.39 is 6.04 Å². The Labute approximate surface area is 161 Å². The van der Waals surface area contributed by atoms with Gasteiger partial charge in [-0.1, -0.05) is 30.3 Å². The lowest BCUT2D eigenvalue weighted by molar-refractivity contribution is 0.0937. The van der Waals surface area contributed by atoms with Crippen molar-refractivity contribution in [1.29, 1.82) is 0 Å². The van der Waals surface area contributed by atoms with Crippen molar-refractivity contribution in [2.45, 2.75) is 13.0 Å². The van der Waals surface area contributed by atoms with Crippen molar-refractivity contribution in [2.24, 2.45) is 0 Å². The van der Waals surface area contributed by atoms with Gasteiger partial charge in [-0.05, 0) is 36.8 Å². The van der Waals surface area contributed by atoms with Crippen molar-refractivity contribution in [3.63, 3.8) is 0 Å². The number of carbonyl (C=O) groups is 1. The van der Waals surface area contributed by atoms with E-state index in [0.717, 1.165) is 16.6 Å². The van der Waals surface area contributed by atoms with Gasteiger partial charge in [0.05, 0.1) is 6.04 Å². The number of pyridine rings is 3. The Bertz CT molecular complexity index is 1130. The minimum absolute atomic E-state index is 0.0383. The number of hydrogen-bond acceptors (Lipinski definition) is 5. The lowest BCUT2D eigenvalue weighted by Gasteiger charge is -2.21. The minimum Gasteiger partial charge on any atom is -0.505 e. The number of aromatic nitrogens is 3. The molecular formula is C22H18N4O2. The number of aryl methyl sites for hydroxylation is 1. The summed E-state index contributed by atoms with van der Waals surface area (Å²) in [4.78, 5) is 25.5. The first-order chi connectivity index (χ1) is 13.6. The van der Waals surface area contributed by atoms with Crippen LogP contribution in [0.15, 0.2) is 73.2 Å². The number of aromatic hydroxyl groups is 1. The number of rotatable bonds is 4. The summed E-state index contributed by atoms with van der Waals surface area (Å²) in [5.74, 6) is -0.303. The molecule has 3 aromatic heterocycles. The molecule has 0 aliphatic heterocycles. The molecular weight excluding hydrogens is 352 g/mol. The zero-order valence-electron chi connectivity index (χ0n) is 15.2. The highest BCUT2D eigenvalue weighted by molar-refractivity contribution is 5.93. The van der Waals surface area contributed by atoms with Gasteiger partial charge in [-0.15, -0.1) is 0 Å². The fourth-order valence-electron chi connectivity index (χ4n) is 3.11. The van der Waals surface area contributed by atoms with E-state index in [1.807, 2.05) is 31.2 Å². The quantitative estimate of drug-likeness (QED) is 0.573. The van der Waals surface area contributed by atoms with Gasteiger partial charge in [-0.25, -0.2) is 4.98 Å². The first-order valence-corrected chi connectivity index (χ1v) is 8.84. The largest absolute Gasteiger partial charge is 0.505 e. The Hall–Kier alpha value is -3.80. The molecule has 4 rings (SSSR count). The van der Waals surface area contributed by atoms with Crippen LogP contribution in [-0.4, -0.2) is 26.0 Å². The molecule has 4 aromatic rings. The first-order valence-electron chi connectivity index (χ1n) is 8.84. The van der Waals surface area contributed by atoms with Gasteiger partial charge < -0.3 is 10.4 Å². The average molecular weight is 370 g/mol. The number of benzene rings is 1. The molecule has 138 valence electrons. The number of amides is 1. The van der Waals surface area contributed by atoms with Gasteiger partial charge in [0.1, 0.15) is 17.0 Å². The third kappa shape index (κ3) is 3.40. The Kier molecular flexibility index (Phi) is 4.68. The summed E-state index contributed by atoms with van der Waals surface area (Å²) < 4.78 is 0. The van der Waals surface area contributed by atoms with Gasteiger partial charge in [0, 0.05) is 35.2 Å². The van der Waals surface area contributed by atoms with E-state index in [0.29, 0.717) is 16.8 Å². The normalized spacial score (nSPS) is 11.9. The molecule has 1 unspecified atom stereocenters. The number of nitrogens with zero attached hydrogens (tertiary/aromatic N) is 3. The van der Waals surface area contributed by atoms with Crippen LogP contribution >= 0.6 is 0 Å². The molecule has 0 fully saturated rings. The van der Waals surface area contributed by atoms with E-state index in [2.05, 4.69) is 20.3 Å². The van der Waals surface area contributed by atoms with Gasteiger partial charge in [0.2, 0.25) is 0 Å². The van der Waals surface area contributed by atoms with E-state index in [4.69, 9.17) is 0 Å². The van der Waals surface area contributed by atoms with Crippen molar-refractivity contribution >= 4 is 16.8 Å². The Morgan fingerprint density at radius 1 is 1.04 bits per heavy atom. The molecule has 0 aliphatic carbocycles. The highest BCUT2D eigenvalue weighted by Gasteiger charge is 2.23. The number of phenols is 1. The fourth-order valence-corrected chi connectivity index (χ4v) is 3.11. The van der Waals surface area contributed by atoms with Crippen LogP contribution in [0.4, 0.5) is 0 Å². The highest BCUT2D eigenvalue weighted by Crippen LogP contribution is 2.34. The van der Waals surface area contributed by atoms with Crippen molar-refractivity contribution in [3.05, 3.63) is 95.7 Å². The molecule has 0 radical (unpaired) electrons. The Balaban J connectivity index is 1.81. The van der Waals surface area contributed by atoms with Crippen molar-refractivity contribution in [3.8, 4) is 5.75 Å². The van der Waals surface area contributed by atoms with Crippen LogP contribution in [0.2, 0.25) is 0 Å². The zero-order chi connectivity index (χ0) is 19.5. The van der Waals surface area contributed by atoms with Crippen LogP contribution in [-0.2, 0) is 0 Å². The monoisotopic (exact) mass is 370 g/mol. The third-order valence-electron chi connectivity index (χ3n) is 4.51. The van der Waals surface area contributed by atoms with Crippen molar-refractivity contribution in [1.82, 2.24) is 20.3 Å². The van der Waals surface area contributed by atoms with E-state index >= 15 is 0 Å². The molecule has 0 saturated carbocycles. The molecule has 1 amide bonds. The van der Waals surface area contributed by atoms with E-state index in [1.165, 1.54) is 0 Å². The predicted octanol–water partition coefficient (Wildman–Crippen LogP) is 3.56. The van der Waals surface area contributed by atoms with Crippen LogP contribution in [0.1, 0.15) is 33.4 Å². The Morgan fingerprint density at radius 3 is 2.64 bits per heavy atom. The van der Waals surface area contributed by atoms with Gasteiger partial charge in [-0.3, -0.25) is 14.8 Å². The van der Waals surface area contributed by atoms with Crippen molar-refractivity contribution < 1.29 is 9.90 Å². The maximum Gasteiger partial charge on any atom is 0.270 e. The molecule has 1 atom stereocenters. The standard InChI is InChI=1S/C22H18N4O2/c1-14-7-8-15-9-10-17(21(27)20(15)25-14)19(16-5-4-11-23-13-16)26-22(28)18-6-2-3-12-24-18/h2-13,19,27H,1H3,(H,26,28). The lowest BCUT2D eigenvalue weighted by Crippen LogP contribution is -2.30. The van der Waals surface area contributed by atoms with Crippen LogP contribution in [0.25, 0.3) is 10.9 Å². The molecule has 3 heterocycles. The summed E-state index contributed by atoms with van der Waals surface area (Å²) in [5.41, 5.74) is 2.89. The number of fused-ring (bicyclic) bond motifs is 1. The second-order valence-corrected chi connectivity index (χ2v) is 6.44. The first kappa shape index (κ1) is 17.6. The molecule has 6 heteroatoms. The molecule has 0 saturated heterocycles. The molecule has 2 N–H and O–H groups in total. The van der Waals surface area contributed by atoms with Crippen LogP contribution < -0.4 is 5.32 Å². The highest BCUT2D eigenvalue weighted by atomic mass is 16.3. The van der Waals surface area contributed by atoms with Crippen LogP contribution in [0.5, 0.6) is 5.75 Å². The molecule has 0 bridgehead atoms. The maximum atomic E-state index is 12.7. The Morgan fingerprint density at radius 2 is 1.89 bits per heavy atom. The smallest absolute Gasteiger partial charge is 0.270 e. The summed E-state index contributed by atoms with van der Waals surface area (Å²) in [7, 11) is 0. The SMILES string of the molecule is Cc1ccc2ccc(C(NC(=O)c3ccccn3)c3cccnc3)c(O)c2n1. The summed E-state index contributed by atoms with van der Waals surface area (Å²) in [5, 5.41) is 14.7. The maximum absolute atomic E-state index is 12.7. The zero-order valence-corrected chi connectivity index (χ0v) is 15.2. The van der Waals surface area contributed by atoms with E-state index in [1.54, 1.807) is 48.9 Å². The number of hydrogen-bond donors (Lipinski definition) is 2. The summed E-state index contributed by atoms with van der Waals surface area (Å²) >= 11 is 0. The lowest BCUT2D eigenvalue weighted by atomic mass is 9.97. The second-order valence-electron chi connectivity index (χ2n) is 6.44. The molecule has 1 aromatic carbocycles. The van der Waals surface area contributed by atoms with Gasteiger partial charge in [-0.2, -0.15) is 0 Å².